The molecule has 1 heterocycles. The Morgan fingerprint density at radius 1 is 1.00 bits per heavy atom. The second-order valence-corrected chi connectivity index (χ2v) is 9.17. The van der Waals surface area contributed by atoms with Gasteiger partial charge in [0.15, 0.2) is 0 Å². The zero-order valence-electron chi connectivity index (χ0n) is 16.6. The molecule has 0 N–H and O–H groups in total. The van der Waals surface area contributed by atoms with Gasteiger partial charge in [-0.15, -0.1) is 0 Å². The summed E-state index contributed by atoms with van der Waals surface area (Å²) in [6, 6.07) is 15.5. The summed E-state index contributed by atoms with van der Waals surface area (Å²) in [6.45, 7) is 6.37. The van der Waals surface area contributed by atoms with Gasteiger partial charge in [-0.2, -0.15) is 0 Å². The lowest BCUT2D eigenvalue weighted by atomic mass is 10.2. The van der Waals surface area contributed by atoms with E-state index in [4.69, 9.17) is 0 Å². The van der Waals surface area contributed by atoms with Crippen LogP contribution in [0.4, 0.5) is 11.4 Å². The third-order valence-corrected chi connectivity index (χ3v) is 6.19. The minimum Gasteiger partial charge on any atom is -0.368 e. The van der Waals surface area contributed by atoms with Gasteiger partial charge in [0.1, 0.15) is 6.54 Å². The van der Waals surface area contributed by atoms with E-state index in [0.717, 1.165) is 30.6 Å². The van der Waals surface area contributed by atoms with Crippen molar-refractivity contribution < 1.29 is 13.2 Å². The summed E-state index contributed by atoms with van der Waals surface area (Å²) < 4.78 is 25.8. The molecule has 0 unspecified atom stereocenters. The molecule has 150 valence electrons. The summed E-state index contributed by atoms with van der Waals surface area (Å²) in [5, 5.41) is 0. The molecular weight excluding hydrogens is 374 g/mol. The van der Waals surface area contributed by atoms with Crippen LogP contribution in [-0.4, -0.2) is 58.2 Å². The van der Waals surface area contributed by atoms with Crippen LogP contribution in [0.15, 0.2) is 48.5 Å². The highest BCUT2D eigenvalue weighted by Gasteiger charge is 2.27. The largest absolute Gasteiger partial charge is 0.368 e. The standard InChI is InChI=1S/C21H27N3O3S/c1-17-7-6-9-19(15-17)22-11-13-23(14-12-22)21(25)16-24(28(3,26)27)20-10-5-4-8-18(20)2/h4-10,15H,11-14,16H2,1-3H3. The van der Waals surface area contributed by atoms with E-state index in [9.17, 15) is 13.2 Å². The molecule has 0 saturated carbocycles. The first-order chi connectivity index (χ1) is 13.3. The molecule has 1 saturated heterocycles. The second-order valence-electron chi connectivity index (χ2n) is 7.26. The first kappa shape index (κ1) is 20.2. The molecule has 7 heteroatoms. The van der Waals surface area contributed by atoms with Gasteiger partial charge >= 0.3 is 0 Å². The zero-order valence-corrected chi connectivity index (χ0v) is 17.4. The summed E-state index contributed by atoms with van der Waals surface area (Å²) in [5.74, 6) is -0.169. The Morgan fingerprint density at radius 3 is 2.29 bits per heavy atom. The molecule has 6 nitrogen and oxygen atoms in total. The van der Waals surface area contributed by atoms with E-state index in [-0.39, 0.29) is 12.5 Å². The number of aryl methyl sites for hydroxylation is 2. The van der Waals surface area contributed by atoms with E-state index >= 15 is 0 Å². The number of carbonyl (C=O) groups is 1. The molecule has 1 aliphatic rings. The predicted molar refractivity (Wildman–Crippen MR) is 113 cm³/mol. The van der Waals surface area contributed by atoms with Crippen LogP contribution in [0.2, 0.25) is 0 Å². The fourth-order valence-corrected chi connectivity index (χ4v) is 4.39. The monoisotopic (exact) mass is 401 g/mol. The van der Waals surface area contributed by atoms with Gasteiger partial charge in [-0.25, -0.2) is 8.42 Å². The molecule has 28 heavy (non-hydrogen) atoms. The van der Waals surface area contributed by atoms with Gasteiger partial charge in [0.2, 0.25) is 15.9 Å². The highest BCUT2D eigenvalue weighted by Crippen LogP contribution is 2.23. The minimum atomic E-state index is -3.56. The maximum Gasteiger partial charge on any atom is 0.243 e. The van der Waals surface area contributed by atoms with Gasteiger partial charge in [0.25, 0.3) is 0 Å². The van der Waals surface area contributed by atoms with Crippen LogP contribution in [0.1, 0.15) is 11.1 Å². The third kappa shape index (κ3) is 4.65. The number of nitrogens with zero attached hydrogens (tertiary/aromatic N) is 3. The molecule has 0 aromatic heterocycles. The first-order valence-electron chi connectivity index (χ1n) is 9.38. The molecule has 0 spiro atoms. The van der Waals surface area contributed by atoms with Gasteiger partial charge in [-0.1, -0.05) is 30.3 Å². The van der Waals surface area contributed by atoms with Crippen molar-refractivity contribution in [2.24, 2.45) is 0 Å². The number of rotatable bonds is 5. The van der Waals surface area contributed by atoms with Crippen molar-refractivity contribution >= 4 is 27.3 Å². The number of sulfonamides is 1. The van der Waals surface area contributed by atoms with Crippen molar-refractivity contribution in [1.29, 1.82) is 0 Å². The molecule has 2 aromatic rings. The number of para-hydroxylation sites is 1. The summed E-state index contributed by atoms with van der Waals surface area (Å²) in [7, 11) is -3.56. The van der Waals surface area contributed by atoms with E-state index in [1.54, 1.807) is 17.0 Å². The Balaban J connectivity index is 1.68. The van der Waals surface area contributed by atoms with Crippen molar-refractivity contribution in [2.75, 3.05) is 48.2 Å². The van der Waals surface area contributed by atoms with Crippen molar-refractivity contribution in [3.63, 3.8) is 0 Å². The Hall–Kier alpha value is -2.54. The average molecular weight is 402 g/mol. The van der Waals surface area contributed by atoms with E-state index in [2.05, 4.69) is 30.0 Å². The topological polar surface area (TPSA) is 60.9 Å². The first-order valence-corrected chi connectivity index (χ1v) is 11.2. The number of amides is 1. The van der Waals surface area contributed by atoms with Gasteiger partial charge < -0.3 is 9.80 Å². The molecule has 0 aliphatic carbocycles. The lowest BCUT2D eigenvalue weighted by Gasteiger charge is -2.37. The van der Waals surface area contributed by atoms with E-state index in [1.165, 1.54) is 9.87 Å². The van der Waals surface area contributed by atoms with Gasteiger partial charge in [0, 0.05) is 31.9 Å². The van der Waals surface area contributed by atoms with Crippen molar-refractivity contribution in [1.82, 2.24) is 4.90 Å². The molecule has 0 radical (unpaired) electrons. The maximum absolute atomic E-state index is 12.8. The summed E-state index contributed by atoms with van der Waals surface area (Å²) >= 11 is 0. The SMILES string of the molecule is Cc1cccc(N2CCN(C(=O)CN(c3ccccc3C)S(C)(=O)=O)CC2)c1. The minimum absolute atomic E-state index is 0.169. The predicted octanol–water partition coefficient (Wildman–Crippen LogP) is 2.42. The Kier molecular flexibility index (Phi) is 5.93. The fraction of sp³-hybridized carbons (Fsp3) is 0.381. The average Bonchev–Trinajstić information content (AvgIpc) is 2.66. The van der Waals surface area contributed by atoms with Crippen molar-refractivity contribution in [2.45, 2.75) is 13.8 Å². The van der Waals surface area contributed by atoms with E-state index < -0.39 is 10.0 Å². The van der Waals surface area contributed by atoms with Crippen LogP contribution in [-0.2, 0) is 14.8 Å². The summed E-state index contributed by atoms with van der Waals surface area (Å²) in [4.78, 5) is 16.8. The van der Waals surface area contributed by atoms with Crippen LogP contribution in [0.5, 0.6) is 0 Å². The van der Waals surface area contributed by atoms with Crippen LogP contribution < -0.4 is 9.21 Å². The number of piperazine rings is 1. The molecule has 1 amide bonds. The number of benzene rings is 2. The lowest BCUT2D eigenvalue weighted by Crippen LogP contribution is -2.52. The second kappa shape index (κ2) is 8.22. The van der Waals surface area contributed by atoms with Crippen LogP contribution in [0.3, 0.4) is 0 Å². The number of hydrogen-bond acceptors (Lipinski definition) is 4. The Labute approximate surface area is 167 Å². The molecule has 0 atom stereocenters. The highest BCUT2D eigenvalue weighted by atomic mass is 32.2. The van der Waals surface area contributed by atoms with Gasteiger partial charge in [-0.05, 0) is 43.2 Å². The maximum atomic E-state index is 12.8. The number of anilines is 2. The van der Waals surface area contributed by atoms with Crippen molar-refractivity contribution in [3.8, 4) is 0 Å². The van der Waals surface area contributed by atoms with Crippen LogP contribution in [0.25, 0.3) is 0 Å². The van der Waals surface area contributed by atoms with E-state index in [0.29, 0.717) is 18.8 Å². The quantitative estimate of drug-likeness (QED) is 0.772. The van der Waals surface area contributed by atoms with Crippen LogP contribution in [0, 0.1) is 13.8 Å². The summed E-state index contributed by atoms with van der Waals surface area (Å²) in [5.41, 5.74) is 3.74. The van der Waals surface area contributed by atoms with Crippen LogP contribution >= 0.6 is 0 Å². The normalized spacial score (nSPS) is 14.8. The molecular formula is C21H27N3O3S. The molecule has 3 rings (SSSR count). The van der Waals surface area contributed by atoms with Crippen molar-refractivity contribution in [3.05, 3.63) is 59.7 Å². The smallest absolute Gasteiger partial charge is 0.243 e. The summed E-state index contributed by atoms with van der Waals surface area (Å²) in [6.07, 6.45) is 1.14. The van der Waals surface area contributed by atoms with E-state index in [1.807, 2.05) is 25.1 Å². The molecule has 1 fully saturated rings. The molecule has 1 aliphatic heterocycles. The number of hydrogen-bond donors (Lipinski definition) is 0. The zero-order chi connectivity index (χ0) is 20.3. The van der Waals surface area contributed by atoms with Gasteiger partial charge in [0.05, 0.1) is 11.9 Å². The third-order valence-electron chi connectivity index (χ3n) is 5.06. The Bertz CT molecular complexity index is 951. The number of carbonyl (C=O) groups excluding carboxylic acids is 1. The molecule has 2 aromatic carbocycles. The molecule has 0 bridgehead atoms. The Morgan fingerprint density at radius 2 is 1.68 bits per heavy atom. The lowest BCUT2D eigenvalue weighted by molar-refractivity contribution is -0.129. The van der Waals surface area contributed by atoms with Gasteiger partial charge in [-0.3, -0.25) is 9.10 Å². The fourth-order valence-electron chi connectivity index (χ4n) is 3.49. The highest BCUT2D eigenvalue weighted by molar-refractivity contribution is 7.92.